The van der Waals surface area contributed by atoms with Crippen molar-refractivity contribution in [3.63, 3.8) is 0 Å². The summed E-state index contributed by atoms with van der Waals surface area (Å²) in [6.07, 6.45) is 6.77. The zero-order valence-electron chi connectivity index (χ0n) is 14.9. The summed E-state index contributed by atoms with van der Waals surface area (Å²) in [5.41, 5.74) is 1.14. The summed E-state index contributed by atoms with van der Waals surface area (Å²) in [5, 5.41) is 0.0894. The molecule has 1 aliphatic rings. The number of rotatable bonds is 10. The standard InChI is InChI=1S/C19H26FNO3S/c1-14-18(23)21(19(14)25-2)13-17(22)24-12-6-4-3-5-7-15-8-10-16(20)11-9-15/h8-11,14,19H,3-7,12-13H2,1-2H3/t14-,19+/m1/s1. The predicted molar refractivity (Wildman–Crippen MR) is 97.7 cm³/mol. The van der Waals surface area contributed by atoms with Crippen LogP contribution in [0.1, 0.15) is 38.2 Å². The largest absolute Gasteiger partial charge is 0.464 e. The molecule has 2 atom stereocenters. The van der Waals surface area contributed by atoms with E-state index in [1.807, 2.05) is 25.3 Å². The number of esters is 1. The summed E-state index contributed by atoms with van der Waals surface area (Å²) in [6.45, 7) is 2.34. The van der Waals surface area contributed by atoms with Crippen LogP contribution in [0.25, 0.3) is 0 Å². The predicted octanol–water partition coefficient (Wildman–Crippen LogP) is 3.64. The zero-order chi connectivity index (χ0) is 18.2. The van der Waals surface area contributed by atoms with E-state index in [9.17, 15) is 14.0 Å². The molecule has 0 aliphatic carbocycles. The van der Waals surface area contributed by atoms with Crippen LogP contribution in [0, 0.1) is 11.7 Å². The van der Waals surface area contributed by atoms with Gasteiger partial charge >= 0.3 is 5.97 Å². The Morgan fingerprint density at radius 1 is 1.20 bits per heavy atom. The molecule has 0 spiro atoms. The van der Waals surface area contributed by atoms with Gasteiger partial charge < -0.3 is 9.64 Å². The smallest absolute Gasteiger partial charge is 0.325 e. The number of carbonyl (C=O) groups is 2. The summed E-state index contributed by atoms with van der Waals surface area (Å²) in [4.78, 5) is 25.1. The first-order chi connectivity index (χ1) is 12.0. The number of unbranched alkanes of at least 4 members (excludes halogenated alkanes) is 3. The zero-order valence-corrected chi connectivity index (χ0v) is 15.7. The number of β-lactam (4-membered cyclic amide) rings is 1. The molecule has 1 aliphatic heterocycles. The molecular weight excluding hydrogens is 341 g/mol. The van der Waals surface area contributed by atoms with Crippen molar-refractivity contribution in [2.75, 3.05) is 19.4 Å². The first-order valence-electron chi connectivity index (χ1n) is 8.76. The van der Waals surface area contributed by atoms with Gasteiger partial charge in [0.25, 0.3) is 0 Å². The first kappa shape index (κ1) is 19.8. The Balaban J connectivity index is 1.50. The number of hydrogen-bond donors (Lipinski definition) is 0. The highest BCUT2D eigenvalue weighted by Gasteiger charge is 2.44. The Morgan fingerprint density at radius 2 is 1.88 bits per heavy atom. The molecule has 0 radical (unpaired) electrons. The molecule has 0 N–H and O–H groups in total. The Kier molecular flexibility index (Phi) is 7.75. The van der Waals surface area contributed by atoms with E-state index in [2.05, 4.69) is 0 Å². The summed E-state index contributed by atoms with van der Waals surface area (Å²) < 4.78 is 18.0. The molecule has 138 valence electrons. The number of aryl methyl sites for hydroxylation is 1. The number of carbonyl (C=O) groups excluding carboxylic acids is 2. The van der Waals surface area contributed by atoms with E-state index >= 15 is 0 Å². The van der Waals surface area contributed by atoms with E-state index < -0.39 is 0 Å². The molecule has 0 saturated carbocycles. The minimum atomic E-state index is -0.328. The van der Waals surface area contributed by atoms with Gasteiger partial charge in [0.1, 0.15) is 12.4 Å². The van der Waals surface area contributed by atoms with Gasteiger partial charge in [-0.1, -0.05) is 31.9 Å². The minimum absolute atomic E-state index is 0.0103. The van der Waals surface area contributed by atoms with Crippen LogP contribution < -0.4 is 0 Å². The lowest BCUT2D eigenvalue weighted by Crippen LogP contribution is -2.59. The third kappa shape index (κ3) is 5.73. The monoisotopic (exact) mass is 367 g/mol. The van der Waals surface area contributed by atoms with E-state index in [1.165, 1.54) is 12.1 Å². The van der Waals surface area contributed by atoms with Crippen LogP contribution in [-0.4, -0.2) is 41.6 Å². The number of likely N-dealkylation sites (tertiary alicyclic amines) is 1. The molecule has 1 fully saturated rings. The van der Waals surface area contributed by atoms with Gasteiger partial charge in [-0.25, -0.2) is 4.39 Å². The summed E-state index contributed by atoms with van der Waals surface area (Å²) in [6, 6.07) is 6.60. The second-order valence-electron chi connectivity index (χ2n) is 6.39. The fourth-order valence-corrected chi connectivity index (χ4v) is 3.96. The molecule has 0 aromatic heterocycles. The molecule has 4 nitrogen and oxygen atoms in total. The molecule has 25 heavy (non-hydrogen) atoms. The van der Waals surface area contributed by atoms with Crippen molar-refractivity contribution in [2.45, 2.75) is 44.4 Å². The topological polar surface area (TPSA) is 46.6 Å². The van der Waals surface area contributed by atoms with E-state index in [-0.39, 0.29) is 35.5 Å². The summed E-state index contributed by atoms with van der Waals surface area (Å²) in [5.74, 6) is -0.518. The van der Waals surface area contributed by atoms with Gasteiger partial charge in [-0.3, -0.25) is 9.59 Å². The number of amides is 1. The SMILES string of the molecule is CS[C@H]1[C@H](C)C(=O)N1CC(=O)OCCCCCCc1ccc(F)cc1. The molecule has 2 rings (SSSR count). The summed E-state index contributed by atoms with van der Waals surface area (Å²) >= 11 is 1.59. The van der Waals surface area contributed by atoms with Crippen LogP contribution >= 0.6 is 11.8 Å². The quantitative estimate of drug-likeness (QED) is 0.360. The van der Waals surface area contributed by atoms with Crippen LogP contribution in [0.15, 0.2) is 24.3 Å². The first-order valence-corrected chi connectivity index (χ1v) is 10.0. The van der Waals surface area contributed by atoms with Crippen LogP contribution in [0.4, 0.5) is 4.39 Å². The van der Waals surface area contributed by atoms with Crippen LogP contribution in [-0.2, 0) is 20.7 Å². The lowest BCUT2D eigenvalue weighted by atomic mass is 10.0. The lowest BCUT2D eigenvalue weighted by molar-refractivity contribution is -0.159. The van der Waals surface area contributed by atoms with Gasteiger partial charge in [0.2, 0.25) is 5.91 Å². The highest BCUT2D eigenvalue weighted by atomic mass is 32.2. The molecule has 1 aromatic carbocycles. The highest BCUT2D eigenvalue weighted by molar-refractivity contribution is 7.99. The molecule has 6 heteroatoms. The Labute approximate surface area is 153 Å². The molecule has 1 saturated heterocycles. The number of ether oxygens (including phenoxy) is 1. The Hall–Kier alpha value is -1.56. The number of nitrogens with zero attached hydrogens (tertiary/aromatic N) is 1. The second-order valence-corrected chi connectivity index (χ2v) is 7.35. The normalized spacial score (nSPS) is 19.6. The maximum atomic E-state index is 12.8. The Morgan fingerprint density at radius 3 is 2.56 bits per heavy atom. The summed E-state index contributed by atoms with van der Waals surface area (Å²) in [7, 11) is 0. The molecule has 1 amide bonds. The maximum absolute atomic E-state index is 12.8. The lowest BCUT2D eigenvalue weighted by Gasteiger charge is -2.44. The fraction of sp³-hybridized carbons (Fsp3) is 0.579. The van der Waals surface area contributed by atoms with Gasteiger partial charge in [-0.15, -0.1) is 11.8 Å². The molecule has 0 bridgehead atoms. The second kappa shape index (κ2) is 9.80. The maximum Gasteiger partial charge on any atom is 0.325 e. The van der Waals surface area contributed by atoms with Crippen LogP contribution in [0.5, 0.6) is 0 Å². The van der Waals surface area contributed by atoms with Crippen molar-refractivity contribution in [3.8, 4) is 0 Å². The number of hydrogen-bond acceptors (Lipinski definition) is 4. The molecule has 1 aromatic rings. The van der Waals surface area contributed by atoms with Crippen LogP contribution in [0.3, 0.4) is 0 Å². The average molecular weight is 367 g/mol. The molecular formula is C19H26FNO3S. The average Bonchev–Trinajstić information content (AvgIpc) is 2.61. The van der Waals surface area contributed by atoms with Crippen molar-refractivity contribution >= 4 is 23.6 Å². The van der Waals surface area contributed by atoms with Gasteiger partial charge in [0.05, 0.1) is 17.9 Å². The van der Waals surface area contributed by atoms with E-state index in [0.717, 1.165) is 37.7 Å². The van der Waals surface area contributed by atoms with Crippen molar-refractivity contribution < 1.29 is 18.7 Å². The van der Waals surface area contributed by atoms with E-state index in [0.29, 0.717) is 6.61 Å². The van der Waals surface area contributed by atoms with Gasteiger partial charge in [-0.2, -0.15) is 0 Å². The minimum Gasteiger partial charge on any atom is -0.464 e. The number of benzene rings is 1. The number of thioether (sulfide) groups is 1. The Bertz CT molecular complexity index is 579. The fourth-order valence-electron chi connectivity index (χ4n) is 3.00. The van der Waals surface area contributed by atoms with Gasteiger partial charge in [0.15, 0.2) is 0 Å². The van der Waals surface area contributed by atoms with Gasteiger partial charge in [0, 0.05) is 0 Å². The van der Waals surface area contributed by atoms with Crippen molar-refractivity contribution in [1.82, 2.24) is 4.90 Å². The molecule has 0 unspecified atom stereocenters. The van der Waals surface area contributed by atoms with E-state index in [4.69, 9.17) is 4.74 Å². The highest BCUT2D eigenvalue weighted by Crippen LogP contribution is 2.32. The van der Waals surface area contributed by atoms with Crippen molar-refractivity contribution in [2.24, 2.45) is 5.92 Å². The van der Waals surface area contributed by atoms with Crippen molar-refractivity contribution in [3.05, 3.63) is 35.6 Å². The number of halogens is 1. The van der Waals surface area contributed by atoms with Crippen molar-refractivity contribution in [1.29, 1.82) is 0 Å². The molecule has 1 heterocycles. The third-order valence-electron chi connectivity index (χ3n) is 4.48. The van der Waals surface area contributed by atoms with E-state index in [1.54, 1.807) is 16.7 Å². The van der Waals surface area contributed by atoms with Crippen LogP contribution in [0.2, 0.25) is 0 Å². The van der Waals surface area contributed by atoms with Gasteiger partial charge in [-0.05, 0) is 43.2 Å². The third-order valence-corrected chi connectivity index (χ3v) is 5.63.